The molecule has 0 saturated heterocycles. The Balaban J connectivity index is 2.12. The Morgan fingerprint density at radius 3 is 2.37 bits per heavy atom. The number of hydrogen-bond acceptors (Lipinski definition) is 2. The van der Waals surface area contributed by atoms with Gasteiger partial charge in [0.15, 0.2) is 0 Å². The highest BCUT2D eigenvalue weighted by Crippen LogP contribution is 2.27. The second-order valence-electron chi connectivity index (χ2n) is 4.15. The Morgan fingerprint density at radius 1 is 0.789 bits per heavy atom. The largest absolute Gasteiger partial charge is 0.265 e. The van der Waals surface area contributed by atoms with Crippen LogP contribution in [0.25, 0.3) is 22.4 Å². The van der Waals surface area contributed by atoms with E-state index in [0.717, 1.165) is 11.1 Å². The fourth-order valence-electron chi connectivity index (χ4n) is 1.97. The number of nitrogens with zero attached hydrogens (tertiary/aromatic N) is 2. The van der Waals surface area contributed by atoms with Gasteiger partial charge in [-0.25, -0.2) is 4.39 Å². The molecule has 0 atom stereocenters. The van der Waals surface area contributed by atoms with Crippen molar-refractivity contribution in [3.8, 4) is 22.4 Å². The molecule has 0 N–H and O–H groups in total. The second-order valence-corrected chi connectivity index (χ2v) is 4.15. The van der Waals surface area contributed by atoms with Crippen LogP contribution in [-0.4, -0.2) is 9.97 Å². The van der Waals surface area contributed by atoms with E-state index >= 15 is 0 Å². The molecule has 0 aliphatic rings. The number of hydrogen-bond donors (Lipinski definition) is 0. The van der Waals surface area contributed by atoms with E-state index < -0.39 is 0 Å². The molecule has 19 heavy (non-hydrogen) atoms. The summed E-state index contributed by atoms with van der Waals surface area (Å²) in [4.78, 5) is 8.17. The molecule has 2 nitrogen and oxygen atoms in total. The summed E-state index contributed by atoms with van der Waals surface area (Å²) in [5.41, 5.74) is 3.10. The number of pyridine rings is 2. The van der Waals surface area contributed by atoms with E-state index in [1.807, 2.05) is 30.3 Å². The Hall–Kier alpha value is -2.55. The molecule has 2 heterocycles. The van der Waals surface area contributed by atoms with E-state index in [0.29, 0.717) is 11.3 Å². The maximum absolute atomic E-state index is 13.9. The van der Waals surface area contributed by atoms with Crippen LogP contribution in [0.2, 0.25) is 0 Å². The van der Waals surface area contributed by atoms with Gasteiger partial charge in [-0.15, -0.1) is 0 Å². The maximum atomic E-state index is 13.9. The summed E-state index contributed by atoms with van der Waals surface area (Å²) >= 11 is 0. The molecule has 0 aliphatic carbocycles. The van der Waals surface area contributed by atoms with Gasteiger partial charge in [-0.2, -0.15) is 0 Å². The van der Waals surface area contributed by atoms with Crippen LogP contribution < -0.4 is 0 Å². The minimum absolute atomic E-state index is 0.267. The van der Waals surface area contributed by atoms with Gasteiger partial charge in [0.1, 0.15) is 5.82 Å². The van der Waals surface area contributed by atoms with Crippen molar-refractivity contribution in [2.45, 2.75) is 0 Å². The predicted octanol–water partition coefficient (Wildman–Crippen LogP) is 3.95. The molecule has 0 spiro atoms. The lowest BCUT2D eigenvalue weighted by Crippen LogP contribution is -1.89. The zero-order valence-corrected chi connectivity index (χ0v) is 10.1. The molecule has 3 rings (SSSR count). The normalized spacial score (nSPS) is 10.4. The smallest absolute Gasteiger partial charge is 0.132 e. The standard InChI is InChI=1S/C16H11FN2/c17-15-5-4-13(12-6-9-18-10-7-12)11-14(15)16-3-1-2-8-19-16/h1-11H. The van der Waals surface area contributed by atoms with Crippen molar-refractivity contribution < 1.29 is 4.39 Å². The quantitative estimate of drug-likeness (QED) is 0.688. The molecule has 0 amide bonds. The van der Waals surface area contributed by atoms with Gasteiger partial charge in [-0.3, -0.25) is 9.97 Å². The van der Waals surface area contributed by atoms with Crippen LogP contribution in [0.15, 0.2) is 67.1 Å². The van der Waals surface area contributed by atoms with Crippen molar-refractivity contribution in [3.63, 3.8) is 0 Å². The molecule has 0 saturated carbocycles. The molecule has 0 radical (unpaired) electrons. The summed E-state index contributed by atoms with van der Waals surface area (Å²) in [5.74, 6) is -0.267. The van der Waals surface area contributed by atoms with Gasteiger partial charge in [0.2, 0.25) is 0 Å². The molecule has 0 unspecified atom stereocenters. The van der Waals surface area contributed by atoms with Crippen molar-refractivity contribution in [2.24, 2.45) is 0 Å². The molecule has 0 aliphatic heterocycles. The first kappa shape index (κ1) is 11.5. The molecule has 92 valence electrons. The van der Waals surface area contributed by atoms with E-state index in [4.69, 9.17) is 0 Å². The number of rotatable bonds is 2. The maximum Gasteiger partial charge on any atom is 0.132 e. The number of aromatic nitrogens is 2. The van der Waals surface area contributed by atoms with Crippen molar-refractivity contribution in [1.82, 2.24) is 9.97 Å². The summed E-state index contributed by atoms with van der Waals surface area (Å²) in [6.07, 6.45) is 5.10. The topological polar surface area (TPSA) is 25.8 Å². The molecule has 2 aromatic heterocycles. The van der Waals surface area contributed by atoms with Crippen molar-refractivity contribution in [3.05, 3.63) is 72.9 Å². The molecule has 0 bridgehead atoms. The minimum Gasteiger partial charge on any atom is -0.265 e. The first-order valence-corrected chi connectivity index (χ1v) is 5.96. The monoisotopic (exact) mass is 250 g/mol. The van der Waals surface area contributed by atoms with Crippen LogP contribution in [0.4, 0.5) is 4.39 Å². The van der Waals surface area contributed by atoms with Gasteiger partial charge < -0.3 is 0 Å². The first-order chi connectivity index (χ1) is 9.34. The Kier molecular flexibility index (Phi) is 3.02. The summed E-state index contributed by atoms with van der Waals surface area (Å²) in [6.45, 7) is 0. The van der Waals surface area contributed by atoms with E-state index in [2.05, 4.69) is 9.97 Å². The van der Waals surface area contributed by atoms with Gasteiger partial charge in [0.05, 0.1) is 5.69 Å². The predicted molar refractivity (Wildman–Crippen MR) is 72.9 cm³/mol. The van der Waals surface area contributed by atoms with Gasteiger partial charge >= 0.3 is 0 Å². The highest BCUT2D eigenvalue weighted by molar-refractivity contribution is 5.71. The van der Waals surface area contributed by atoms with Crippen LogP contribution in [0.5, 0.6) is 0 Å². The van der Waals surface area contributed by atoms with Crippen LogP contribution in [-0.2, 0) is 0 Å². The Morgan fingerprint density at radius 2 is 1.63 bits per heavy atom. The Labute approximate surface area is 110 Å². The van der Waals surface area contributed by atoms with Crippen LogP contribution in [0.3, 0.4) is 0 Å². The lowest BCUT2D eigenvalue weighted by Gasteiger charge is -2.06. The van der Waals surface area contributed by atoms with E-state index in [9.17, 15) is 4.39 Å². The molecular formula is C16H11FN2. The van der Waals surface area contributed by atoms with E-state index in [1.54, 1.807) is 30.7 Å². The minimum atomic E-state index is -0.267. The first-order valence-electron chi connectivity index (χ1n) is 5.96. The lowest BCUT2D eigenvalue weighted by molar-refractivity contribution is 0.631. The highest BCUT2D eigenvalue weighted by Gasteiger charge is 2.08. The summed E-state index contributed by atoms with van der Waals surface area (Å²) in [7, 11) is 0. The lowest BCUT2D eigenvalue weighted by atomic mass is 10.0. The van der Waals surface area contributed by atoms with E-state index in [-0.39, 0.29) is 5.82 Å². The molecule has 3 heteroatoms. The zero-order chi connectivity index (χ0) is 13.1. The summed E-state index contributed by atoms with van der Waals surface area (Å²) < 4.78 is 13.9. The van der Waals surface area contributed by atoms with Crippen LogP contribution in [0, 0.1) is 5.82 Å². The average Bonchev–Trinajstić information content (AvgIpc) is 2.49. The third-order valence-corrected chi connectivity index (χ3v) is 2.92. The third kappa shape index (κ3) is 2.36. The van der Waals surface area contributed by atoms with E-state index in [1.165, 1.54) is 6.07 Å². The molecule has 1 aromatic carbocycles. The second kappa shape index (κ2) is 4.98. The van der Waals surface area contributed by atoms with Gasteiger partial charge in [-0.1, -0.05) is 12.1 Å². The number of halogens is 1. The fraction of sp³-hybridized carbons (Fsp3) is 0. The fourth-order valence-corrected chi connectivity index (χ4v) is 1.97. The average molecular weight is 250 g/mol. The van der Waals surface area contributed by atoms with Crippen molar-refractivity contribution >= 4 is 0 Å². The van der Waals surface area contributed by atoms with Crippen LogP contribution >= 0.6 is 0 Å². The molecule has 0 fully saturated rings. The van der Waals surface area contributed by atoms with Crippen LogP contribution in [0.1, 0.15) is 0 Å². The van der Waals surface area contributed by atoms with Gasteiger partial charge in [0.25, 0.3) is 0 Å². The zero-order valence-electron chi connectivity index (χ0n) is 10.1. The summed E-state index contributed by atoms with van der Waals surface area (Å²) in [5, 5.41) is 0. The van der Waals surface area contributed by atoms with Crippen molar-refractivity contribution in [2.75, 3.05) is 0 Å². The Bertz CT molecular complexity index is 682. The molecular weight excluding hydrogens is 239 g/mol. The van der Waals surface area contributed by atoms with Gasteiger partial charge in [0, 0.05) is 24.2 Å². The third-order valence-electron chi connectivity index (χ3n) is 2.92. The SMILES string of the molecule is Fc1ccc(-c2ccncc2)cc1-c1ccccn1. The summed E-state index contributed by atoms with van der Waals surface area (Å²) in [6, 6.07) is 14.3. The van der Waals surface area contributed by atoms with Crippen molar-refractivity contribution in [1.29, 1.82) is 0 Å². The number of benzene rings is 1. The molecule has 3 aromatic rings. The van der Waals surface area contributed by atoms with Gasteiger partial charge in [-0.05, 0) is 47.5 Å². The highest BCUT2D eigenvalue weighted by atomic mass is 19.1.